The van der Waals surface area contributed by atoms with Gasteiger partial charge < -0.3 is 0 Å². The van der Waals surface area contributed by atoms with Gasteiger partial charge in [-0.15, -0.1) is 0 Å². The van der Waals surface area contributed by atoms with E-state index in [0.717, 1.165) is 6.42 Å². The second-order valence-electron chi connectivity index (χ2n) is 9.67. The molecule has 0 fully saturated rings. The molecule has 0 heterocycles. The van der Waals surface area contributed by atoms with Crippen molar-refractivity contribution in [3.8, 4) is 0 Å². The number of unbranched alkanes of at least 4 members (excludes halogenated alkanes) is 2. The first-order chi connectivity index (χ1) is 19.2. The van der Waals surface area contributed by atoms with Crippen LogP contribution in [0.1, 0.15) is 60.3 Å². The fourth-order valence-electron chi connectivity index (χ4n) is 4.81. The Bertz CT molecular complexity index is 1050. The molecule has 0 amide bonds. The van der Waals surface area contributed by atoms with Crippen molar-refractivity contribution < 1.29 is 23.6 Å². The van der Waals surface area contributed by atoms with Crippen molar-refractivity contribution in [2.75, 3.05) is 0 Å². The first kappa shape index (κ1) is 33.9. The molecule has 3 aromatic rings. The average Bonchev–Trinajstić information content (AvgIpc) is 2.93. The van der Waals surface area contributed by atoms with Gasteiger partial charge in [-0.3, -0.25) is 0 Å². The average molecular weight is 760 g/mol. The van der Waals surface area contributed by atoms with Crippen molar-refractivity contribution in [2.24, 2.45) is 0 Å². The Morgan fingerprint density at radius 1 is 0.525 bits per heavy atom. The number of benzene rings is 3. The maximum atomic E-state index is 11.0. The maximum absolute atomic E-state index is 11.0. The Hall–Kier alpha value is -2.33. The predicted octanol–water partition coefficient (Wildman–Crippen LogP) is 5.37. The van der Waals surface area contributed by atoms with Crippen molar-refractivity contribution in [3.05, 3.63) is 91.0 Å². The van der Waals surface area contributed by atoms with Gasteiger partial charge in [0, 0.05) is 0 Å². The van der Waals surface area contributed by atoms with Gasteiger partial charge in [0.15, 0.2) is 0 Å². The number of hydrogen-bond acceptors (Lipinski definition) is 6. The zero-order valence-electron chi connectivity index (χ0n) is 24.4. The standard InChI is InChI=1S/3C6H5.2C4H9.3C2H4O2.2Sn/c3*1-2-4-6-5-3-1;2*1-3-4-2;3*1-2(3)4;;/h3*1-5H;2*1,3-4H2,2H3;3*1H3,(H,3,4);;/q;;;;;;;;;+3/p-3. The molecule has 3 aromatic carbocycles. The summed E-state index contributed by atoms with van der Waals surface area (Å²) in [4.78, 5) is 33.1. The molecular formula is C32H42O6Sn2. The minimum absolute atomic E-state index is 0.323. The van der Waals surface area contributed by atoms with Crippen LogP contribution in [-0.2, 0) is 23.6 Å². The van der Waals surface area contributed by atoms with Crippen molar-refractivity contribution in [3.63, 3.8) is 0 Å². The summed E-state index contributed by atoms with van der Waals surface area (Å²) < 4.78 is 21.6. The molecule has 3 rings (SSSR count). The second-order valence-corrected chi connectivity index (χ2v) is 28.3. The molecule has 0 saturated heterocycles. The van der Waals surface area contributed by atoms with Crippen LogP contribution in [0.15, 0.2) is 91.0 Å². The quantitative estimate of drug-likeness (QED) is 0.231. The van der Waals surface area contributed by atoms with Crippen LogP contribution in [0.4, 0.5) is 0 Å². The molecule has 0 aliphatic heterocycles. The predicted molar refractivity (Wildman–Crippen MR) is 164 cm³/mol. The van der Waals surface area contributed by atoms with E-state index in [2.05, 4.69) is 97.9 Å². The fraction of sp³-hybridized carbons (Fsp3) is 0.344. The summed E-state index contributed by atoms with van der Waals surface area (Å²) >= 11 is -7.29. The summed E-state index contributed by atoms with van der Waals surface area (Å²) in [5, 5.41) is 0. The van der Waals surface area contributed by atoms with Gasteiger partial charge in [-0.1, -0.05) is 0 Å². The topological polar surface area (TPSA) is 78.9 Å². The molecule has 0 radical (unpaired) electrons. The number of hydrogen-bond donors (Lipinski definition) is 0. The molecule has 40 heavy (non-hydrogen) atoms. The summed E-state index contributed by atoms with van der Waals surface area (Å²) in [6.45, 7) is 7.84. The zero-order chi connectivity index (χ0) is 29.4. The molecule has 0 bridgehead atoms. The molecule has 0 aromatic heterocycles. The molecule has 0 aliphatic carbocycles. The number of carbonyl (C=O) groups is 3. The van der Waals surface area contributed by atoms with Crippen LogP contribution in [0.2, 0.25) is 8.87 Å². The van der Waals surface area contributed by atoms with E-state index >= 15 is 0 Å². The van der Waals surface area contributed by atoms with Crippen molar-refractivity contribution in [2.45, 2.75) is 69.2 Å². The van der Waals surface area contributed by atoms with E-state index in [-0.39, 0.29) is 0 Å². The minimum atomic E-state index is -4.39. The van der Waals surface area contributed by atoms with Crippen molar-refractivity contribution in [1.29, 1.82) is 0 Å². The van der Waals surface area contributed by atoms with Gasteiger partial charge in [-0.2, -0.15) is 0 Å². The molecule has 0 atom stereocenters. The molecular weight excluding hydrogens is 718 g/mol. The van der Waals surface area contributed by atoms with Crippen LogP contribution < -0.4 is 10.7 Å². The summed E-state index contributed by atoms with van der Waals surface area (Å²) in [5.41, 5.74) is 0. The van der Waals surface area contributed by atoms with E-state index in [9.17, 15) is 14.4 Å². The first-order valence-electron chi connectivity index (χ1n) is 13.9. The Labute approximate surface area is 248 Å². The van der Waals surface area contributed by atoms with Gasteiger partial charge in [0.2, 0.25) is 0 Å². The van der Waals surface area contributed by atoms with Crippen LogP contribution in [0.3, 0.4) is 0 Å². The molecule has 8 heteroatoms. The number of rotatable bonds is 12. The van der Waals surface area contributed by atoms with Crippen LogP contribution in [-0.4, -0.2) is 55.9 Å². The Morgan fingerprint density at radius 2 is 0.825 bits per heavy atom. The van der Waals surface area contributed by atoms with E-state index in [4.69, 9.17) is 9.22 Å². The third-order valence-electron chi connectivity index (χ3n) is 6.44. The van der Waals surface area contributed by atoms with Crippen LogP contribution >= 0.6 is 0 Å². The molecule has 0 aliphatic rings. The van der Waals surface area contributed by atoms with Gasteiger partial charge in [-0.25, -0.2) is 0 Å². The van der Waals surface area contributed by atoms with E-state index in [1.807, 2.05) is 6.92 Å². The molecule has 214 valence electrons. The van der Waals surface area contributed by atoms with E-state index in [0.29, 0.717) is 10.9 Å². The monoisotopic (exact) mass is 762 g/mol. The van der Waals surface area contributed by atoms with Gasteiger partial charge in [-0.05, 0) is 0 Å². The van der Waals surface area contributed by atoms with Crippen molar-refractivity contribution >= 4 is 66.6 Å². The normalized spacial score (nSPS) is 11.0. The van der Waals surface area contributed by atoms with Gasteiger partial charge in [0.1, 0.15) is 0 Å². The first-order valence-corrected chi connectivity index (χ1v) is 25.8. The Morgan fingerprint density at radius 3 is 1.10 bits per heavy atom. The summed E-state index contributed by atoms with van der Waals surface area (Å²) in [5.74, 6) is -1.79. The van der Waals surface area contributed by atoms with Gasteiger partial charge in [0.25, 0.3) is 0 Å². The van der Waals surface area contributed by atoms with E-state index < -0.39 is 55.9 Å². The summed E-state index contributed by atoms with van der Waals surface area (Å²) in [6.07, 6.45) is 4.05. The molecule has 0 N–H and O–H groups in total. The van der Waals surface area contributed by atoms with E-state index in [1.54, 1.807) is 10.7 Å². The molecule has 0 spiro atoms. The van der Waals surface area contributed by atoms with Gasteiger partial charge in [0.05, 0.1) is 0 Å². The van der Waals surface area contributed by atoms with Crippen molar-refractivity contribution in [1.82, 2.24) is 0 Å². The van der Waals surface area contributed by atoms with Crippen LogP contribution in [0.5, 0.6) is 0 Å². The second kappa shape index (κ2) is 17.5. The molecule has 6 nitrogen and oxygen atoms in total. The summed E-state index contributed by atoms with van der Waals surface area (Å²) in [7, 11) is 0. The third-order valence-corrected chi connectivity index (χ3v) is 28.8. The zero-order valence-corrected chi connectivity index (χ0v) is 30.1. The third kappa shape index (κ3) is 10.3. The molecule has 0 unspecified atom stereocenters. The van der Waals surface area contributed by atoms with E-state index in [1.165, 1.54) is 38.0 Å². The van der Waals surface area contributed by atoms with Crippen LogP contribution in [0.25, 0.3) is 0 Å². The van der Waals surface area contributed by atoms with Crippen LogP contribution in [0, 0.1) is 0 Å². The SMILES string of the molecule is CCC[CH2][Sn]([O]C(C)=O)([O]C(C)=O)[O]C(C)=O.CCC[CH2][Sn]([c]1ccccc1)([c]1ccccc1)[c]1ccccc1. The summed E-state index contributed by atoms with van der Waals surface area (Å²) in [6, 6.07) is 33.8. The molecule has 0 saturated carbocycles. The van der Waals surface area contributed by atoms with Gasteiger partial charge >= 0.3 is 250 Å². The fourth-order valence-corrected chi connectivity index (χ4v) is 26.4. The Kier molecular flexibility index (Phi) is 14.8. The number of carbonyl (C=O) groups excluding carboxylic acids is 3. The Balaban J connectivity index is 0.000000296.